The van der Waals surface area contributed by atoms with Gasteiger partial charge in [-0.1, -0.05) is 165 Å². The number of aryl methyl sites for hydroxylation is 1. The first-order chi connectivity index (χ1) is 22.7. The molecular formula is C48H48. The Bertz CT molecular complexity index is 2370. The van der Waals surface area contributed by atoms with Crippen LogP contribution in [0, 0.1) is 6.92 Å². The Balaban J connectivity index is 1.19. The largest absolute Gasteiger partial charge is 0.0587 e. The van der Waals surface area contributed by atoms with Gasteiger partial charge in [-0.25, -0.2) is 0 Å². The van der Waals surface area contributed by atoms with Crippen LogP contribution in [0.25, 0.3) is 54.6 Å². The molecule has 0 aliphatic heterocycles. The van der Waals surface area contributed by atoms with Crippen molar-refractivity contribution in [2.75, 3.05) is 0 Å². The van der Waals surface area contributed by atoms with Crippen LogP contribution < -0.4 is 0 Å². The van der Waals surface area contributed by atoms with Crippen molar-refractivity contribution in [2.45, 2.75) is 91.4 Å². The Morgan fingerprint density at radius 3 is 1.73 bits per heavy atom. The second kappa shape index (κ2) is 10.3. The number of rotatable bonds is 4. The molecule has 1 aliphatic rings. The fourth-order valence-corrected chi connectivity index (χ4v) is 8.50. The van der Waals surface area contributed by atoms with E-state index in [4.69, 9.17) is 0 Å². The second-order valence-corrected chi connectivity index (χ2v) is 16.9. The van der Waals surface area contributed by atoms with E-state index in [2.05, 4.69) is 172 Å². The lowest BCUT2D eigenvalue weighted by Gasteiger charge is -2.29. The molecule has 8 rings (SSSR count). The molecule has 240 valence electrons. The standard InChI is InChI=1S/C48H48/c1-28(2)31-13-20-38-39-22-18-35(27-43(39)48(9,10)42(38)26-31)47(7,8)34-16-11-30(12-17-34)41-23-29(3)37-19-14-32-24-36(46(4,5)6)25-33-15-21-40(41)45(37)44(32)33/h11-28H,1-10H3. The normalized spacial score (nSPS) is 14.4. The molecule has 48 heavy (non-hydrogen) atoms. The van der Waals surface area contributed by atoms with Crippen LogP contribution >= 0.6 is 0 Å². The maximum atomic E-state index is 2.49. The van der Waals surface area contributed by atoms with E-state index in [0.29, 0.717) is 5.92 Å². The van der Waals surface area contributed by atoms with Crippen molar-refractivity contribution in [3.8, 4) is 22.3 Å². The molecule has 1 aliphatic carbocycles. The van der Waals surface area contributed by atoms with Gasteiger partial charge < -0.3 is 0 Å². The monoisotopic (exact) mass is 624 g/mol. The zero-order chi connectivity index (χ0) is 33.9. The average molecular weight is 625 g/mol. The summed E-state index contributed by atoms with van der Waals surface area (Å²) in [7, 11) is 0. The zero-order valence-electron chi connectivity index (χ0n) is 30.4. The summed E-state index contributed by atoms with van der Waals surface area (Å²) in [5.41, 5.74) is 15.1. The number of fused-ring (bicyclic) bond motifs is 3. The Labute approximate surface area is 287 Å². The van der Waals surface area contributed by atoms with E-state index in [-0.39, 0.29) is 16.2 Å². The van der Waals surface area contributed by atoms with Crippen LogP contribution in [0.5, 0.6) is 0 Å². The van der Waals surface area contributed by atoms with Crippen LogP contribution in [-0.4, -0.2) is 0 Å². The van der Waals surface area contributed by atoms with Gasteiger partial charge in [0, 0.05) is 10.8 Å². The van der Waals surface area contributed by atoms with Gasteiger partial charge in [0.2, 0.25) is 0 Å². The summed E-state index contributed by atoms with van der Waals surface area (Å²) in [6.07, 6.45) is 0. The number of benzene rings is 7. The van der Waals surface area contributed by atoms with Gasteiger partial charge in [0.15, 0.2) is 0 Å². The minimum Gasteiger partial charge on any atom is -0.0587 e. The third-order valence-corrected chi connectivity index (χ3v) is 11.8. The number of hydrogen-bond acceptors (Lipinski definition) is 0. The minimum atomic E-state index is -0.134. The first kappa shape index (κ1) is 30.9. The maximum Gasteiger partial charge on any atom is 0.0159 e. The molecule has 0 amide bonds. The van der Waals surface area contributed by atoms with E-state index in [9.17, 15) is 0 Å². The summed E-state index contributed by atoms with van der Waals surface area (Å²) in [4.78, 5) is 0. The fourth-order valence-electron chi connectivity index (χ4n) is 8.50. The van der Waals surface area contributed by atoms with Gasteiger partial charge in [-0.3, -0.25) is 0 Å². The molecule has 0 saturated carbocycles. The molecule has 0 spiro atoms. The number of hydrogen-bond donors (Lipinski definition) is 0. The highest BCUT2D eigenvalue weighted by atomic mass is 14.4. The van der Waals surface area contributed by atoms with Gasteiger partial charge in [-0.2, -0.15) is 0 Å². The molecule has 0 heterocycles. The SMILES string of the molecule is Cc1cc(-c2ccc(C(C)(C)c3ccc4c(c3)C(C)(C)c3cc(C(C)C)ccc3-4)cc2)c2ccc3cc(C(C)(C)C)cc4ccc1c2c43. The molecule has 0 nitrogen and oxygen atoms in total. The summed E-state index contributed by atoms with van der Waals surface area (Å²) >= 11 is 0. The third kappa shape index (κ3) is 4.48. The first-order valence-electron chi connectivity index (χ1n) is 17.8. The highest BCUT2D eigenvalue weighted by Crippen LogP contribution is 2.51. The average Bonchev–Trinajstić information content (AvgIpc) is 3.28. The topological polar surface area (TPSA) is 0 Å². The molecule has 7 aromatic carbocycles. The Morgan fingerprint density at radius 1 is 0.521 bits per heavy atom. The zero-order valence-corrected chi connectivity index (χ0v) is 30.4. The summed E-state index contributed by atoms with van der Waals surface area (Å²) in [6.45, 7) is 23.3. The predicted molar refractivity (Wildman–Crippen MR) is 209 cm³/mol. The molecule has 0 saturated heterocycles. The predicted octanol–water partition coefficient (Wildman–Crippen LogP) is 13.6. The molecule has 0 atom stereocenters. The van der Waals surface area contributed by atoms with Crippen molar-refractivity contribution in [1.82, 2.24) is 0 Å². The van der Waals surface area contributed by atoms with Gasteiger partial charge in [-0.15, -0.1) is 0 Å². The summed E-state index contributed by atoms with van der Waals surface area (Å²) in [5, 5.41) is 8.16. The summed E-state index contributed by atoms with van der Waals surface area (Å²) in [5.74, 6) is 0.527. The molecule has 0 radical (unpaired) electrons. The van der Waals surface area contributed by atoms with E-state index in [1.807, 2.05) is 0 Å². The highest BCUT2D eigenvalue weighted by molar-refractivity contribution is 6.26. The molecule has 0 bridgehead atoms. The Kier molecular flexibility index (Phi) is 6.62. The molecule has 0 unspecified atom stereocenters. The van der Waals surface area contributed by atoms with Crippen molar-refractivity contribution in [1.29, 1.82) is 0 Å². The molecule has 0 fully saturated rings. The van der Waals surface area contributed by atoms with Crippen molar-refractivity contribution in [3.63, 3.8) is 0 Å². The van der Waals surface area contributed by atoms with Crippen LogP contribution in [-0.2, 0) is 16.2 Å². The Hall–Kier alpha value is -4.42. The van der Waals surface area contributed by atoms with E-state index < -0.39 is 0 Å². The van der Waals surface area contributed by atoms with E-state index >= 15 is 0 Å². The van der Waals surface area contributed by atoms with Gasteiger partial charge in [-0.05, 0) is 112 Å². The van der Waals surface area contributed by atoms with Crippen LogP contribution in [0.15, 0.2) is 103 Å². The van der Waals surface area contributed by atoms with Crippen molar-refractivity contribution >= 4 is 32.3 Å². The van der Waals surface area contributed by atoms with Gasteiger partial charge in [0.1, 0.15) is 0 Å². The molecular weight excluding hydrogens is 577 g/mol. The maximum absolute atomic E-state index is 2.49. The lowest BCUT2D eigenvalue weighted by molar-refractivity contribution is 0.591. The molecule has 0 N–H and O–H groups in total. The quantitative estimate of drug-likeness (QED) is 0.171. The first-order valence-corrected chi connectivity index (χ1v) is 17.8. The van der Waals surface area contributed by atoms with Crippen molar-refractivity contribution in [2.24, 2.45) is 0 Å². The van der Waals surface area contributed by atoms with Gasteiger partial charge in [0.05, 0.1) is 0 Å². The minimum absolute atomic E-state index is 0.0211. The molecule has 0 aromatic heterocycles. The summed E-state index contributed by atoms with van der Waals surface area (Å²) in [6, 6.07) is 40.3. The summed E-state index contributed by atoms with van der Waals surface area (Å²) < 4.78 is 0. The molecule has 7 aromatic rings. The van der Waals surface area contributed by atoms with E-state index in [1.165, 1.54) is 93.5 Å². The fraction of sp³-hybridized carbons (Fsp3) is 0.292. The van der Waals surface area contributed by atoms with Crippen molar-refractivity contribution < 1.29 is 0 Å². The van der Waals surface area contributed by atoms with Crippen LogP contribution in [0.1, 0.15) is 107 Å². The van der Waals surface area contributed by atoms with Gasteiger partial charge in [0.25, 0.3) is 0 Å². The smallest absolute Gasteiger partial charge is 0.0159 e. The van der Waals surface area contributed by atoms with E-state index in [0.717, 1.165) is 0 Å². The highest BCUT2D eigenvalue weighted by Gasteiger charge is 2.37. The van der Waals surface area contributed by atoms with Crippen LogP contribution in [0.2, 0.25) is 0 Å². The van der Waals surface area contributed by atoms with E-state index in [1.54, 1.807) is 0 Å². The third-order valence-electron chi connectivity index (χ3n) is 11.8. The lowest BCUT2D eigenvalue weighted by Crippen LogP contribution is -2.21. The van der Waals surface area contributed by atoms with Gasteiger partial charge >= 0.3 is 0 Å². The Morgan fingerprint density at radius 2 is 1.10 bits per heavy atom. The van der Waals surface area contributed by atoms with Crippen LogP contribution in [0.3, 0.4) is 0 Å². The lowest BCUT2D eigenvalue weighted by atomic mass is 9.74. The molecule has 0 heteroatoms. The van der Waals surface area contributed by atoms with Crippen LogP contribution in [0.4, 0.5) is 0 Å². The second-order valence-electron chi connectivity index (χ2n) is 16.9. The van der Waals surface area contributed by atoms with Crippen molar-refractivity contribution in [3.05, 3.63) is 142 Å².